The molecule has 234 valence electrons. The van der Waals surface area contributed by atoms with Crippen LogP contribution in [0.2, 0.25) is 0 Å². The summed E-state index contributed by atoms with van der Waals surface area (Å²) < 4.78 is 13.6. The molecule has 0 aliphatic rings. The van der Waals surface area contributed by atoms with Crippen LogP contribution in [0.4, 0.5) is 0 Å². The van der Waals surface area contributed by atoms with Gasteiger partial charge < -0.3 is 19.3 Å². The summed E-state index contributed by atoms with van der Waals surface area (Å²) in [5.41, 5.74) is 4.66. The topological polar surface area (TPSA) is 103 Å². The van der Waals surface area contributed by atoms with Gasteiger partial charge in [-0.25, -0.2) is 9.97 Å². The molecule has 0 atom stereocenters. The monoisotopic (exact) mass is 600 g/mol. The van der Waals surface area contributed by atoms with E-state index < -0.39 is 0 Å². The predicted molar refractivity (Wildman–Crippen MR) is 172 cm³/mol. The predicted octanol–water partition coefficient (Wildman–Crippen LogP) is 5.68. The quantitative estimate of drug-likeness (QED) is 0.218. The summed E-state index contributed by atoms with van der Waals surface area (Å²) in [6, 6.07) is 11.3. The molecule has 2 aromatic carbocycles. The molecule has 2 amide bonds. The Hall–Kier alpha value is -4.47. The van der Waals surface area contributed by atoms with Crippen LogP contribution in [-0.2, 0) is 17.9 Å². The zero-order valence-electron chi connectivity index (χ0n) is 27.4. The lowest BCUT2D eigenvalue weighted by Crippen LogP contribution is -2.33. The lowest BCUT2D eigenvalue weighted by atomic mass is 9.92. The van der Waals surface area contributed by atoms with E-state index in [1.807, 2.05) is 76.7 Å². The molecule has 0 bridgehead atoms. The molecule has 0 N–H and O–H groups in total. The van der Waals surface area contributed by atoms with Crippen LogP contribution < -0.4 is 9.47 Å². The second kappa shape index (κ2) is 13.4. The summed E-state index contributed by atoms with van der Waals surface area (Å²) >= 11 is 0. The van der Waals surface area contributed by atoms with E-state index in [-0.39, 0.29) is 17.2 Å². The van der Waals surface area contributed by atoms with Crippen molar-refractivity contribution in [3.8, 4) is 22.9 Å². The molecule has 10 nitrogen and oxygen atoms in total. The maximum absolute atomic E-state index is 13.9. The molecule has 0 fully saturated rings. The zero-order chi connectivity index (χ0) is 32.2. The van der Waals surface area contributed by atoms with Gasteiger partial charge in [0, 0.05) is 55.8 Å². The van der Waals surface area contributed by atoms with E-state index in [0.29, 0.717) is 65.6 Å². The van der Waals surface area contributed by atoms with Crippen molar-refractivity contribution in [3.63, 3.8) is 0 Å². The van der Waals surface area contributed by atoms with Gasteiger partial charge in [0.05, 0.1) is 25.4 Å². The van der Waals surface area contributed by atoms with E-state index in [1.54, 1.807) is 43.1 Å². The molecule has 0 aliphatic carbocycles. The molecule has 10 heteroatoms. The minimum Gasteiger partial charge on any atom is -0.493 e. The Kier molecular flexibility index (Phi) is 9.91. The van der Waals surface area contributed by atoms with Gasteiger partial charge in [-0.2, -0.15) is 5.10 Å². The molecule has 0 spiro atoms. The highest BCUT2D eigenvalue weighted by Gasteiger charge is 2.22. The van der Waals surface area contributed by atoms with Gasteiger partial charge in [-0.1, -0.05) is 32.4 Å². The normalized spacial score (nSPS) is 11.5. The van der Waals surface area contributed by atoms with E-state index in [1.165, 1.54) is 0 Å². The number of hydrogen-bond acceptors (Lipinski definition) is 7. The van der Waals surface area contributed by atoms with Crippen LogP contribution >= 0.6 is 0 Å². The molecule has 0 radical (unpaired) electrons. The first-order valence-corrected chi connectivity index (χ1v) is 14.9. The number of hydrogen-bond donors (Lipinski definition) is 0. The molecule has 0 unspecified atom stereocenters. The number of nitrogens with zero attached hydrogens (tertiary/aromatic N) is 6. The molecule has 2 aromatic heterocycles. The van der Waals surface area contributed by atoms with E-state index >= 15 is 0 Å². The van der Waals surface area contributed by atoms with Gasteiger partial charge >= 0.3 is 0 Å². The number of carbonyl (C=O) groups is 2. The summed E-state index contributed by atoms with van der Waals surface area (Å²) in [7, 11) is 5.13. The number of methoxy groups -OCH3 is 1. The lowest BCUT2D eigenvalue weighted by molar-refractivity contribution is -0.132. The number of ether oxygens (including phenoxy) is 2. The molecule has 2 heterocycles. The van der Waals surface area contributed by atoms with Crippen molar-refractivity contribution in [1.29, 1.82) is 0 Å². The van der Waals surface area contributed by atoms with Crippen molar-refractivity contribution in [2.75, 3.05) is 34.4 Å². The van der Waals surface area contributed by atoms with Gasteiger partial charge in [0.2, 0.25) is 5.91 Å². The third kappa shape index (κ3) is 7.53. The summed E-state index contributed by atoms with van der Waals surface area (Å²) in [6.45, 7) is 14.1. The molecule has 0 saturated carbocycles. The van der Waals surface area contributed by atoms with Crippen LogP contribution in [0.1, 0.15) is 61.4 Å². The van der Waals surface area contributed by atoms with Crippen molar-refractivity contribution in [1.82, 2.24) is 29.5 Å². The minimum atomic E-state index is -0.204. The number of benzene rings is 2. The van der Waals surface area contributed by atoms with Crippen LogP contribution in [0.5, 0.6) is 11.5 Å². The Labute approximate surface area is 260 Å². The van der Waals surface area contributed by atoms with Gasteiger partial charge in [-0.3, -0.25) is 14.3 Å². The standard InChI is InChI=1S/C34H44N6O4/c1-10-40-23(3)25(20-35-40)21-39(8)33(42)31-26-17-22(2)11-13-27(26)36-32(37-31)24-12-14-28(29(18-24)43-9)44-16-15-38(7)30(41)19-34(4,5)6/h11-14,17-18,20H,10,15-16,19,21H2,1-9H3. The fourth-order valence-corrected chi connectivity index (χ4v) is 4.93. The SMILES string of the molecule is CCn1ncc(CN(C)C(=O)c2nc(-c3ccc(OCCN(C)C(=O)CC(C)(C)C)c(OC)c3)nc3ccc(C)cc23)c1C. The van der Waals surface area contributed by atoms with E-state index in [2.05, 4.69) is 5.10 Å². The first-order chi connectivity index (χ1) is 20.8. The van der Waals surface area contributed by atoms with Crippen molar-refractivity contribution in [3.05, 3.63) is 65.1 Å². The highest BCUT2D eigenvalue weighted by Crippen LogP contribution is 2.33. The summed E-state index contributed by atoms with van der Waals surface area (Å²) in [6.07, 6.45) is 2.28. The Bertz CT molecular complexity index is 1660. The van der Waals surface area contributed by atoms with Crippen molar-refractivity contribution >= 4 is 22.7 Å². The van der Waals surface area contributed by atoms with Gasteiger partial charge in [-0.15, -0.1) is 0 Å². The summed E-state index contributed by atoms with van der Waals surface area (Å²) in [4.78, 5) is 39.3. The Morgan fingerprint density at radius 2 is 1.73 bits per heavy atom. The first kappa shape index (κ1) is 32.4. The van der Waals surface area contributed by atoms with Crippen LogP contribution in [-0.4, -0.2) is 75.7 Å². The maximum atomic E-state index is 13.9. The van der Waals surface area contributed by atoms with Gasteiger partial charge in [0.25, 0.3) is 5.91 Å². The fourth-order valence-electron chi connectivity index (χ4n) is 4.93. The highest BCUT2D eigenvalue weighted by atomic mass is 16.5. The number of carbonyl (C=O) groups excluding carboxylic acids is 2. The lowest BCUT2D eigenvalue weighted by Gasteiger charge is -2.23. The minimum absolute atomic E-state index is 0.0766. The van der Waals surface area contributed by atoms with Crippen LogP contribution in [0.15, 0.2) is 42.6 Å². The number of aromatic nitrogens is 4. The number of fused-ring (bicyclic) bond motifs is 1. The largest absolute Gasteiger partial charge is 0.493 e. The van der Waals surface area contributed by atoms with Gasteiger partial charge in [0.1, 0.15) is 12.3 Å². The Balaban J connectivity index is 1.59. The number of rotatable bonds is 11. The summed E-state index contributed by atoms with van der Waals surface area (Å²) in [5.74, 6) is 1.33. The molecule has 44 heavy (non-hydrogen) atoms. The van der Waals surface area contributed by atoms with Crippen molar-refractivity contribution in [2.45, 2.75) is 61.1 Å². The molecule has 0 saturated heterocycles. The maximum Gasteiger partial charge on any atom is 0.273 e. The number of likely N-dealkylation sites (N-methyl/N-ethyl adjacent to an activating group) is 1. The van der Waals surface area contributed by atoms with Gasteiger partial charge in [-0.05, 0) is 56.5 Å². The highest BCUT2D eigenvalue weighted by molar-refractivity contribution is 6.05. The third-order valence-electron chi connectivity index (χ3n) is 7.53. The van der Waals surface area contributed by atoms with Crippen LogP contribution in [0.3, 0.4) is 0 Å². The molecule has 4 aromatic rings. The van der Waals surface area contributed by atoms with E-state index in [0.717, 1.165) is 23.4 Å². The second-order valence-corrected chi connectivity index (χ2v) is 12.4. The number of aryl methyl sites for hydroxylation is 2. The number of amides is 2. The van der Waals surface area contributed by atoms with Crippen molar-refractivity contribution < 1.29 is 19.1 Å². The molecular weight excluding hydrogens is 556 g/mol. The van der Waals surface area contributed by atoms with E-state index in [4.69, 9.17) is 19.4 Å². The average Bonchev–Trinajstić information content (AvgIpc) is 3.33. The van der Waals surface area contributed by atoms with Gasteiger partial charge in [0.15, 0.2) is 17.3 Å². The first-order valence-electron chi connectivity index (χ1n) is 14.9. The Morgan fingerprint density at radius 1 is 0.977 bits per heavy atom. The van der Waals surface area contributed by atoms with E-state index in [9.17, 15) is 9.59 Å². The zero-order valence-corrected chi connectivity index (χ0v) is 27.4. The van der Waals surface area contributed by atoms with Crippen LogP contribution in [0.25, 0.3) is 22.3 Å². The molecular formula is C34H44N6O4. The molecule has 0 aliphatic heterocycles. The fraction of sp³-hybridized carbons (Fsp3) is 0.441. The average molecular weight is 601 g/mol. The van der Waals surface area contributed by atoms with Crippen LogP contribution in [0, 0.1) is 19.3 Å². The second-order valence-electron chi connectivity index (χ2n) is 12.4. The smallest absolute Gasteiger partial charge is 0.273 e. The van der Waals surface area contributed by atoms with Crippen molar-refractivity contribution in [2.24, 2.45) is 5.41 Å². The molecule has 4 rings (SSSR count). The third-order valence-corrected chi connectivity index (χ3v) is 7.53. The Morgan fingerprint density at radius 3 is 2.39 bits per heavy atom. The summed E-state index contributed by atoms with van der Waals surface area (Å²) in [5, 5.41) is 5.12.